The summed E-state index contributed by atoms with van der Waals surface area (Å²) in [5.74, 6) is 1.06. The van der Waals surface area contributed by atoms with Gasteiger partial charge in [-0.15, -0.1) is 0 Å². The molecule has 2 amide bonds. The van der Waals surface area contributed by atoms with Crippen molar-refractivity contribution in [1.29, 1.82) is 0 Å². The molecule has 8 nitrogen and oxygen atoms in total. The van der Waals surface area contributed by atoms with E-state index < -0.39 is 0 Å². The van der Waals surface area contributed by atoms with E-state index in [4.69, 9.17) is 9.47 Å². The van der Waals surface area contributed by atoms with Crippen molar-refractivity contribution in [3.05, 3.63) is 78.4 Å². The second kappa shape index (κ2) is 12.4. The van der Waals surface area contributed by atoms with Crippen molar-refractivity contribution in [2.75, 3.05) is 76.2 Å². The number of nitrogens with zero attached hydrogens (tertiary/aromatic N) is 3. The smallest absolute Gasteiger partial charge is 0.319 e. The van der Waals surface area contributed by atoms with Gasteiger partial charge in [0.1, 0.15) is 0 Å². The van der Waals surface area contributed by atoms with Crippen LogP contribution in [0.3, 0.4) is 0 Å². The highest BCUT2D eigenvalue weighted by Crippen LogP contribution is 2.34. The van der Waals surface area contributed by atoms with Crippen LogP contribution in [-0.4, -0.2) is 72.0 Å². The van der Waals surface area contributed by atoms with Crippen LogP contribution < -0.4 is 29.9 Å². The molecule has 0 saturated carbocycles. The van der Waals surface area contributed by atoms with Crippen molar-refractivity contribution in [3.63, 3.8) is 0 Å². The molecule has 1 atom stereocenters. The predicted octanol–water partition coefficient (Wildman–Crippen LogP) is 4.45. The summed E-state index contributed by atoms with van der Waals surface area (Å²) in [6, 6.07) is 24.3. The summed E-state index contributed by atoms with van der Waals surface area (Å²) in [5, 5.41) is 5.99. The van der Waals surface area contributed by atoms with Crippen LogP contribution in [-0.2, 0) is 0 Å². The van der Waals surface area contributed by atoms with Gasteiger partial charge in [-0.05, 0) is 42.0 Å². The van der Waals surface area contributed by atoms with Gasteiger partial charge in [0, 0.05) is 58.2 Å². The van der Waals surface area contributed by atoms with E-state index in [1.807, 2.05) is 26.2 Å². The highest BCUT2D eigenvalue weighted by molar-refractivity contribution is 5.91. The van der Waals surface area contributed by atoms with Crippen LogP contribution in [0.4, 0.5) is 21.9 Å². The van der Waals surface area contributed by atoms with Crippen molar-refractivity contribution in [2.45, 2.75) is 6.04 Å². The van der Waals surface area contributed by atoms with Gasteiger partial charge in [0.05, 0.1) is 25.9 Å². The lowest BCUT2D eigenvalue weighted by atomic mass is 10.0. The fourth-order valence-corrected chi connectivity index (χ4v) is 4.72. The zero-order valence-corrected chi connectivity index (χ0v) is 22.1. The van der Waals surface area contributed by atoms with Gasteiger partial charge in [0.2, 0.25) is 0 Å². The molecular formula is C29H37N5O3. The minimum absolute atomic E-state index is 0.0482. The molecule has 0 radical (unpaired) electrons. The van der Waals surface area contributed by atoms with E-state index in [2.05, 4.69) is 73.9 Å². The zero-order valence-electron chi connectivity index (χ0n) is 22.1. The van der Waals surface area contributed by atoms with Crippen LogP contribution in [0.2, 0.25) is 0 Å². The largest absolute Gasteiger partial charge is 0.493 e. The van der Waals surface area contributed by atoms with Crippen LogP contribution in [0, 0.1) is 0 Å². The molecule has 3 aromatic rings. The summed E-state index contributed by atoms with van der Waals surface area (Å²) in [4.78, 5) is 19.9. The summed E-state index contributed by atoms with van der Waals surface area (Å²) >= 11 is 0. The first-order valence-electron chi connectivity index (χ1n) is 12.6. The third kappa shape index (κ3) is 6.46. The Bertz CT molecular complexity index is 1150. The van der Waals surface area contributed by atoms with E-state index in [0.717, 1.165) is 31.9 Å². The Labute approximate surface area is 219 Å². The number of para-hydroxylation sites is 2. The van der Waals surface area contributed by atoms with Crippen LogP contribution in [0.15, 0.2) is 72.8 Å². The molecule has 1 heterocycles. The van der Waals surface area contributed by atoms with Crippen LogP contribution >= 0.6 is 0 Å². The van der Waals surface area contributed by atoms with Crippen molar-refractivity contribution in [2.24, 2.45) is 0 Å². The van der Waals surface area contributed by atoms with E-state index in [-0.39, 0.29) is 12.1 Å². The Kier molecular flexibility index (Phi) is 8.74. The van der Waals surface area contributed by atoms with E-state index >= 15 is 0 Å². The molecule has 1 aliphatic heterocycles. The summed E-state index contributed by atoms with van der Waals surface area (Å²) in [7, 11) is 7.21. The lowest BCUT2D eigenvalue weighted by Crippen LogP contribution is -2.50. The molecule has 8 heteroatoms. The normalized spacial score (nSPS) is 14.5. The van der Waals surface area contributed by atoms with Gasteiger partial charge in [0.25, 0.3) is 0 Å². The molecule has 0 spiro atoms. The van der Waals surface area contributed by atoms with Crippen molar-refractivity contribution in [1.82, 2.24) is 10.2 Å². The van der Waals surface area contributed by atoms with Crippen LogP contribution in [0.1, 0.15) is 11.6 Å². The summed E-state index contributed by atoms with van der Waals surface area (Å²) in [6.45, 7) is 4.15. The lowest BCUT2D eigenvalue weighted by Gasteiger charge is -2.40. The second-order valence-electron chi connectivity index (χ2n) is 9.24. The minimum Gasteiger partial charge on any atom is -0.493 e. The first-order chi connectivity index (χ1) is 18.0. The molecule has 1 saturated heterocycles. The molecule has 3 aromatic carbocycles. The minimum atomic E-state index is -0.288. The SMILES string of the molecule is COc1cccc(NC(=O)NCC(c2ccc(N(C)C)cc2)N2CCN(c3ccccc3)CC2)c1OC. The number of carbonyl (C=O) groups excluding carboxylic acids is 1. The Morgan fingerprint density at radius 2 is 1.59 bits per heavy atom. The highest BCUT2D eigenvalue weighted by atomic mass is 16.5. The number of ether oxygens (including phenoxy) is 2. The van der Waals surface area contributed by atoms with Gasteiger partial charge < -0.3 is 29.9 Å². The quantitative estimate of drug-likeness (QED) is 0.450. The number of amides is 2. The third-order valence-corrected chi connectivity index (χ3v) is 6.78. The van der Waals surface area contributed by atoms with Crippen LogP contribution in [0.5, 0.6) is 11.5 Å². The molecule has 1 unspecified atom stereocenters. The number of rotatable bonds is 9. The molecule has 0 bridgehead atoms. The summed E-state index contributed by atoms with van der Waals surface area (Å²) in [6.07, 6.45) is 0. The van der Waals surface area contributed by atoms with Crippen molar-refractivity contribution in [3.8, 4) is 11.5 Å². The monoisotopic (exact) mass is 503 g/mol. The van der Waals surface area contributed by atoms with Gasteiger partial charge in [-0.1, -0.05) is 36.4 Å². The van der Waals surface area contributed by atoms with Gasteiger partial charge >= 0.3 is 6.03 Å². The standard InChI is InChI=1S/C29H37N5O3/c1-32(2)23-15-13-22(14-16-23)26(34-19-17-33(18-20-34)24-9-6-5-7-10-24)21-30-29(35)31-25-11-8-12-27(36-3)28(25)37-4/h5-16,26H,17-21H2,1-4H3,(H2,30,31,35). The second-order valence-corrected chi connectivity index (χ2v) is 9.24. The topological polar surface area (TPSA) is 69.3 Å². The molecule has 1 fully saturated rings. The first kappa shape index (κ1) is 26.2. The summed E-state index contributed by atoms with van der Waals surface area (Å²) < 4.78 is 10.8. The highest BCUT2D eigenvalue weighted by Gasteiger charge is 2.26. The molecule has 1 aliphatic rings. The average molecular weight is 504 g/mol. The number of urea groups is 1. The molecule has 4 rings (SSSR count). The number of hydrogen-bond acceptors (Lipinski definition) is 6. The average Bonchev–Trinajstić information content (AvgIpc) is 2.94. The van der Waals surface area contributed by atoms with Gasteiger partial charge in [-0.25, -0.2) is 4.79 Å². The van der Waals surface area contributed by atoms with E-state index in [0.29, 0.717) is 23.7 Å². The Morgan fingerprint density at radius 3 is 2.22 bits per heavy atom. The fraction of sp³-hybridized carbons (Fsp3) is 0.345. The number of nitrogens with one attached hydrogen (secondary N) is 2. The van der Waals surface area contributed by atoms with Gasteiger partial charge in [0.15, 0.2) is 11.5 Å². The molecule has 196 valence electrons. The Hall–Kier alpha value is -3.91. The van der Waals surface area contributed by atoms with E-state index in [1.54, 1.807) is 26.4 Å². The number of hydrogen-bond donors (Lipinski definition) is 2. The van der Waals surface area contributed by atoms with Gasteiger partial charge in [-0.3, -0.25) is 4.90 Å². The number of benzene rings is 3. The number of methoxy groups -OCH3 is 2. The van der Waals surface area contributed by atoms with Crippen molar-refractivity contribution < 1.29 is 14.3 Å². The maximum Gasteiger partial charge on any atom is 0.319 e. The first-order valence-corrected chi connectivity index (χ1v) is 12.6. The van der Waals surface area contributed by atoms with Crippen molar-refractivity contribution >= 4 is 23.1 Å². The lowest BCUT2D eigenvalue weighted by molar-refractivity contribution is 0.182. The number of piperazine rings is 1. The predicted molar refractivity (Wildman–Crippen MR) is 150 cm³/mol. The fourth-order valence-electron chi connectivity index (χ4n) is 4.72. The van der Waals surface area contributed by atoms with E-state index in [9.17, 15) is 4.79 Å². The van der Waals surface area contributed by atoms with Gasteiger partial charge in [-0.2, -0.15) is 0 Å². The molecule has 0 aromatic heterocycles. The summed E-state index contributed by atoms with van der Waals surface area (Å²) in [5.41, 5.74) is 4.13. The number of carbonyl (C=O) groups is 1. The Balaban J connectivity index is 1.46. The van der Waals surface area contributed by atoms with Crippen LogP contribution in [0.25, 0.3) is 0 Å². The maximum absolute atomic E-state index is 12.9. The Morgan fingerprint density at radius 1 is 0.892 bits per heavy atom. The molecule has 0 aliphatic carbocycles. The molecule has 37 heavy (non-hydrogen) atoms. The van der Waals surface area contributed by atoms with E-state index in [1.165, 1.54) is 11.3 Å². The maximum atomic E-state index is 12.9. The molecular weight excluding hydrogens is 466 g/mol. The third-order valence-electron chi connectivity index (χ3n) is 6.78. The molecule has 2 N–H and O–H groups in total. The number of anilines is 3. The zero-order chi connectivity index (χ0) is 26.2.